The zero-order valence-corrected chi connectivity index (χ0v) is 10.8. The summed E-state index contributed by atoms with van der Waals surface area (Å²) in [6.07, 6.45) is 0.980. The number of hydrogen-bond donors (Lipinski definition) is 0. The van der Waals surface area contributed by atoms with Gasteiger partial charge in [0.2, 0.25) is 10.0 Å². The van der Waals surface area contributed by atoms with Gasteiger partial charge in [-0.25, -0.2) is 12.7 Å². The number of sulfonamides is 1. The van der Waals surface area contributed by atoms with E-state index in [1.54, 1.807) is 0 Å². The van der Waals surface area contributed by atoms with Crippen molar-refractivity contribution in [3.63, 3.8) is 0 Å². The van der Waals surface area contributed by atoms with Crippen LogP contribution in [0.5, 0.6) is 0 Å². The zero-order chi connectivity index (χ0) is 13.1. The van der Waals surface area contributed by atoms with Crippen molar-refractivity contribution in [1.29, 1.82) is 5.26 Å². The third kappa shape index (κ3) is 3.41. The van der Waals surface area contributed by atoms with E-state index in [1.165, 1.54) is 4.31 Å². The highest BCUT2D eigenvalue weighted by Gasteiger charge is 2.35. The maximum Gasteiger partial charge on any atom is 0.322 e. The molecule has 0 saturated carbocycles. The van der Waals surface area contributed by atoms with Gasteiger partial charge in [0.1, 0.15) is 0 Å². The van der Waals surface area contributed by atoms with Crippen LogP contribution in [-0.2, 0) is 19.6 Å². The van der Waals surface area contributed by atoms with Crippen LogP contribution in [0.25, 0.3) is 0 Å². The van der Waals surface area contributed by atoms with Crippen LogP contribution in [0.15, 0.2) is 0 Å². The molecule has 0 aromatic carbocycles. The first-order chi connectivity index (χ1) is 7.83. The summed E-state index contributed by atoms with van der Waals surface area (Å²) >= 11 is 0. The quantitative estimate of drug-likeness (QED) is 0.672. The molecule has 0 aromatic rings. The fourth-order valence-corrected chi connectivity index (χ4v) is 3.01. The number of nitrogens with zero attached hydrogens (tertiary/aromatic N) is 2. The molecule has 0 N–H and O–H groups in total. The smallest absolute Gasteiger partial charge is 0.322 e. The molecule has 96 valence electrons. The molecule has 0 atom stereocenters. The lowest BCUT2D eigenvalue weighted by Crippen LogP contribution is -2.43. The van der Waals surface area contributed by atoms with Crippen LogP contribution in [0.1, 0.15) is 19.8 Å². The summed E-state index contributed by atoms with van der Waals surface area (Å²) in [5.74, 6) is -1.40. The van der Waals surface area contributed by atoms with Crippen molar-refractivity contribution in [2.24, 2.45) is 5.41 Å². The predicted molar refractivity (Wildman–Crippen MR) is 60.3 cm³/mol. The van der Waals surface area contributed by atoms with Crippen LogP contribution < -0.4 is 0 Å². The molecule has 17 heavy (non-hydrogen) atoms. The number of esters is 1. The minimum absolute atomic E-state index is 0.281. The number of piperidine rings is 1. The summed E-state index contributed by atoms with van der Waals surface area (Å²) in [5.41, 5.74) is -0.461. The highest BCUT2D eigenvalue weighted by molar-refractivity contribution is 7.89. The van der Waals surface area contributed by atoms with Crippen LogP contribution >= 0.6 is 0 Å². The van der Waals surface area contributed by atoms with Crippen molar-refractivity contribution < 1.29 is 17.9 Å². The van der Waals surface area contributed by atoms with E-state index in [1.807, 2.05) is 6.92 Å². The van der Waals surface area contributed by atoms with Gasteiger partial charge in [-0.3, -0.25) is 4.79 Å². The number of hydrogen-bond acceptors (Lipinski definition) is 5. The Morgan fingerprint density at radius 3 is 2.41 bits per heavy atom. The van der Waals surface area contributed by atoms with E-state index in [0.717, 1.165) is 7.11 Å². The van der Waals surface area contributed by atoms with E-state index in [4.69, 9.17) is 5.26 Å². The molecule has 1 aliphatic rings. The van der Waals surface area contributed by atoms with Gasteiger partial charge in [0.15, 0.2) is 5.75 Å². The average molecular weight is 260 g/mol. The molecule has 0 bridgehead atoms. The molecule has 1 fully saturated rings. The number of nitriles is 1. The van der Waals surface area contributed by atoms with Gasteiger partial charge in [0, 0.05) is 13.1 Å². The summed E-state index contributed by atoms with van der Waals surface area (Å²) in [4.78, 5) is 11.0. The van der Waals surface area contributed by atoms with E-state index in [2.05, 4.69) is 10.8 Å². The second-order valence-corrected chi connectivity index (χ2v) is 6.37. The Hall–Kier alpha value is -1.13. The average Bonchev–Trinajstić information content (AvgIpc) is 2.29. The molecule has 1 saturated heterocycles. The first-order valence-electron chi connectivity index (χ1n) is 5.29. The highest BCUT2D eigenvalue weighted by atomic mass is 32.2. The molecular weight excluding hydrogens is 244 g/mol. The SMILES string of the molecule is COC(=O)CS(=O)(=O)N1CCC(C)(C#N)CC1. The normalized spacial score (nSPS) is 20.5. The molecule has 1 rings (SSSR count). The Morgan fingerprint density at radius 1 is 1.47 bits per heavy atom. The predicted octanol–water partition coefficient (Wildman–Crippen LogP) is 0.115. The summed E-state index contributed by atoms with van der Waals surface area (Å²) in [7, 11) is -2.45. The monoisotopic (exact) mass is 260 g/mol. The molecule has 6 nitrogen and oxygen atoms in total. The number of methoxy groups -OCH3 is 1. The second-order valence-electron chi connectivity index (χ2n) is 4.40. The van der Waals surface area contributed by atoms with Gasteiger partial charge in [0.05, 0.1) is 18.6 Å². The lowest BCUT2D eigenvalue weighted by Gasteiger charge is -2.33. The summed E-state index contributed by atoms with van der Waals surface area (Å²) in [6, 6.07) is 2.19. The van der Waals surface area contributed by atoms with Crippen LogP contribution in [-0.4, -0.2) is 44.6 Å². The minimum atomic E-state index is -3.60. The van der Waals surface area contributed by atoms with Gasteiger partial charge in [-0.2, -0.15) is 5.26 Å². The Labute approximate surface area is 101 Å². The Bertz CT molecular complexity index is 430. The fourth-order valence-electron chi connectivity index (χ4n) is 1.67. The van der Waals surface area contributed by atoms with E-state index >= 15 is 0 Å². The minimum Gasteiger partial charge on any atom is -0.468 e. The van der Waals surface area contributed by atoms with E-state index in [0.29, 0.717) is 12.8 Å². The fraction of sp³-hybridized carbons (Fsp3) is 0.800. The van der Waals surface area contributed by atoms with Crippen LogP contribution in [0.3, 0.4) is 0 Å². The lowest BCUT2D eigenvalue weighted by atomic mass is 9.83. The van der Waals surface area contributed by atoms with Crippen LogP contribution in [0.2, 0.25) is 0 Å². The number of carbonyl (C=O) groups is 1. The van der Waals surface area contributed by atoms with Crippen molar-refractivity contribution in [2.75, 3.05) is 26.0 Å². The molecule has 0 aromatic heterocycles. The van der Waals surface area contributed by atoms with E-state index in [-0.39, 0.29) is 13.1 Å². The third-order valence-corrected chi connectivity index (χ3v) is 4.77. The summed E-state index contributed by atoms with van der Waals surface area (Å²) < 4.78 is 29.2. The van der Waals surface area contributed by atoms with Crippen LogP contribution in [0, 0.1) is 16.7 Å². The molecule has 0 radical (unpaired) electrons. The maximum absolute atomic E-state index is 11.8. The van der Waals surface area contributed by atoms with Gasteiger partial charge < -0.3 is 4.74 Å². The first kappa shape index (κ1) is 13.9. The van der Waals surface area contributed by atoms with Gasteiger partial charge in [-0.05, 0) is 19.8 Å². The van der Waals surface area contributed by atoms with Crippen molar-refractivity contribution in [2.45, 2.75) is 19.8 Å². The van der Waals surface area contributed by atoms with Crippen LogP contribution in [0.4, 0.5) is 0 Å². The van der Waals surface area contributed by atoms with Gasteiger partial charge in [-0.15, -0.1) is 0 Å². The Kier molecular flexibility index (Phi) is 4.11. The largest absolute Gasteiger partial charge is 0.468 e. The molecule has 0 aliphatic carbocycles. The van der Waals surface area contributed by atoms with Crippen molar-refractivity contribution in [3.05, 3.63) is 0 Å². The second kappa shape index (κ2) is 5.02. The lowest BCUT2D eigenvalue weighted by molar-refractivity contribution is -0.137. The Balaban J connectivity index is 2.66. The molecule has 0 amide bonds. The van der Waals surface area contributed by atoms with E-state index in [9.17, 15) is 13.2 Å². The van der Waals surface area contributed by atoms with Gasteiger partial charge >= 0.3 is 5.97 Å². The molecule has 0 spiro atoms. The summed E-state index contributed by atoms with van der Waals surface area (Å²) in [6.45, 7) is 2.38. The topological polar surface area (TPSA) is 87.5 Å². The standard InChI is InChI=1S/C10H16N2O4S/c1-10(8-11)3-5-12(6-4-10)17(14,15)7-9(13)16-2/h3-7H2,1-2H3. The first-order valence-corrected chi connectivity index (χ1v) is 6.90. The number of ether oxygens (including phenoxy) is 1. The van der Waals surface area contributed by atoms with E-state index < -0.39 is 27.2 Å². The van der Waals surface area contributed by atoms with Crippen molar-refractivity contribution in [1.82, 2.24) is 4.31 Å². The maximum atomic E-state index is 11.8. The number of rotatable bonds is 3. The van der Waals surface area contributed by atoms with Gasteiger partial charge in [-0.1, -0.05) is 0 Å². The summed E-state index contributed by atoms with van der Waals surface area (Å²) in [5, 5.41) is 8.93. The third-order valence-electron chi connectivity index (χ3n) is 3.02. The molecule has 7 heteroatoms. The molecule has 1 aliphatic heterocycles. The zero-order valence-electron chi connectivity index (χ0n) is 9.97. The highest BCUT2D eigenvalue weighted by Crippen LogP contribution is 2.30. The molecule has 1 heterocycles. The van der Waals surface area contributed by atoms with Crippen molar-refractivity contribution >= 4 is 16.0 Å². The Morgan fingerprint density at radius 2 is 2.00 bits per heavy atom. The van der Waals surface area contributed by atoms with Crippen molar-refractivity contribution in [3.8, 4) is 6.07 Å². The number of carbonyl (C=O) groups excluding carboxylic acids is 1. The molecular formula is C10H16N2O4S. The molecule has 0 unspecified atom stereocenters. The van der Waals surface area contributed by atoms with Gasteiger partial charge in [0.25, 0.3) is 0 Å².